The molecule has 1 unspecified atom stereocenters. The first-order valence-electron chi connectivity index (χ1n) is 12.6. The summed E-state index contributed by atoms with van der Waals surface area (Å²) in [4.78, 5) is 5.74. The Labute approximate surface area is 215 Å². The van der Waals surface area contributed by atoms with Gasteiger partial charge < -0.3 is 14.0 Å². The lowest BCUT2D eigenvalue weighted by Gasteiger charge is -2.52. The van der Waals surface area contributed by atoms with E-state index in [-0.39, 0.29) is 5.82 Å². The highest BCUT2D eigenvalue weighted by Crippen LogP contribution is 2.44. The van der Waals surface area contributed by atoms with Crippen LogP contribution in [0.4, 0.5) is 4.39 Å². The van der Waals surface area contributed by atoms with Crippen LogP contribution in [0, 0.1) is 11.7 Å². The standard InChI is InChI=1S/C30H30FN2O2S/c31-25-11-13-27(14-12-25)36-28-21-33(17-15-22(28)16-18-33)20-26-19-32-29(35-26)30(34,23-7-3-1-4-8-23)24-9-5-2-6-10-24/h1-14,19,22,28,34H,15-18,20-21H2/q+1. The van der Waals surface area contributed by atoms with Crippen molar-refractivity contribution >= 4 is 11.8 Å². The van der Waals surface area contributed by atoms with Crippen LogP contribution in [-0.4, -0.2) is 39.5 Å². The maximum Gasteiger partial charge on any atom is 0.236 e. The van der Waals surface area contributed by atoms with Crippen molar-refractivity contribution in [2.24, 2.45) is 5.92 Å². The topological polar surface area (TPSA) is 46.3 Å². The molecule has 4 aromatic rings. The van der Waals surface area contributed by atoms with E-state index in [0.29, 0.717) is 17.1 Å². The van der Waals surface area contributed by atoms with Crippen molar-refractivity contribution in [1.29, 1.82) is 0 Å². The second-order valence-corrected chi connectivity index (χ2v) is 11.5. The molecule has 6 heteroatoms. The van der Waals surface area contributed by atoms with Crippen LogP contribution in [0.1, 0.15) is 35.6 Å². The van der Waals surface area contributed by atoms with E-state index in [0.717, 1.165) is 52.4 Å². The molecule has 3 aliphatic heterocycles. The van der Waals surface area contributed by atoms with E-state index in [1.54, 1.807) is 18.3 Å². The quantitative estimate of drug-likeness (QED) is 0.316. The van der Waals surface area contributed by atoms with Gasteiger partial charge in [0.2, 0.25) is 5.89 Å². The zero-order valence-corrected chi connectivity index (χ0v) is 20.9. The molecule has 184 valence electrons. The average Bonchev–Trinajstić information content (AvgIpc) is 3.39. The van der Waals surface area contributed by atoms with Crippen LogP contribution in [-0.2, 0) is 12.1 Å². The number of hydrogen-bond donors (Lipinski definition) is 1. The lowest BCUT2D eigenvalue weighted by Crippen LogP contribution is -2.62. The van der Waals surface area contributed by atoms with Gasteiger partial charge in [-0.15, -0.1) is 11.8 Å². The van der Waals surface area contributed by atoms with Crippen molar-refractivity contribution in [1.82, 2.24) is 4.98 Å². The number of nitrogens with zero attached hydrogens (tertiary/aromatic N) is 2. The van der Waals surface area contributed by atoms with Crippen molar-refractivity contribution in [3.63, 3.8) is 0 Å². The van der Waals surface area contributed by atoms with Crippen LogP contribution in [0.3, 0.4) is 0 Å². The number of fused-ring (bicyclic) bond motifs is 3. The molecular formula is C30H30FN2O2S+. The Bertz CT molecular complexity index is 1260. The molecule has 1 atom stereocenters. The van der Waals surface area contributed by atoms with Crippen molar-refractivity contribution in [3.8, 4) is 0 Å². The summed E-state index contributed by atoms with van der Waals surface area (Å²) in [7, 11) is 0. The molecule has 2 bridgehead atoms. The highest BCUT2D eigenvalue weighted by Gasteiger charge is 2.47. The molecule has 7 rings (SSSR count). The molecule has 1 N–H and O–H groups in total. The first-order valence-corrected chi connectivity index (χ1v) is 13.5. The number of quaternary nitrogens is 1. The summed E-state index contributed by atoms with van der Waals surface area (Å²) in [5, 5.41) is 12.5. The molecule has 0 radical (unpaired) electrons. The van der Waals surface area contributed by atoms with Gasteiger partial charge in [-0.05, 0) is 41.3 Å². The summed E-state index contributed by atoms with van der Waals surface area (Å²) in [5.41, 5.74) is -0.00577. The molecule has 3 fully saturated rings. The predicted octanol–water partition coefficient (Wildman–Crippen LogP) is 6.00. The van der Waals surface area contributed by atoms with Crippen molar-refractivity contribution in [3.05, 3.63) is 120 Å². The Balaban J connectivity index is 1.26. The molecule has 36 heavy (non-hydrogen) atoms. The number of hydrogen-bond acceptors (Lipinski definition) is 4. The Morgan fingerprint density at radius 1 is 0.917 bits per heavy atom. The minimum atomic E-state index is -1.46. The third-order valence-corrected chi connectivity index (χ3v) is 9.26. The number of benzene rings is 3. The van der Waals surface area contributed by atoms with Crippen LogP contribution >= 0.6 is 11.8 Å². The average molecular weight is 502 g/mol. The second-order valence-electron chi connectivity index (χ2n) is 10.2. The fraction of sp³-hybridized carbons (Fsp3) is 0.300. The SMILES string of the molecule is OC(c1ccccc1)(c1ccccc1)c1ncc(C[N+]23CCC(CC2)C(Sc2ccc(F)cc2)C3)o1. The zero-order valence-electron chi connectivity index (χ0n) is 20.1. The molecule has 4 heterocycles. The zero-order chi connectivity index (χ0) is 24.6. The summed E-state index contributed by atoms with van der Waals surface area (Å²) in [6, 6.07) is 26.0. The van der Waals surface area contributed by atoms with Crippen LogP contribution < -0.4 is 0 Å². The number of oxazole rings is 1. The van der Waals surface area contributed by atoms with Gasteiger partial charge in [-0.2, -0.15) is 0 Å². The first-order chi connectivity index (χ1) is 17.5. The lowest BCUT2D eigenvalue weighted by atomic mass is 9.85. The van der Waals surface area contributed by atoms with E-state index in [2.05, 4.69) is 4.98 Å². The van der Waals surface area contributed by atoms with Gasteiger partial charge in [0.25, 0.3) is 0 Å². The molecule has 3 aromatic carbocycles. The maximum atomic E-state index is 13.4. The summed E-state index contributed by atoms with van der Waals surface area (Å²) in [6.45, 7) is 4.08. The fourth-order valence-corrected chi connectivity index (χ4v) is 7.41. The summed E-state index contributed by atoms with van der Waals surface area (Å²) in [6.07, 6.45) is 4.18. The molecule has 0 aliphatic carbocycles. The van der Waals surface area contributed by atoms with Crippen LogP contribution in [0.15, 0.2) is 100 Å². The summed E-state index contributed by atoms with van der Waals surface area (Å²) < 4.78 is 20.7. The number of halogens is 1. The van der Waals surface area contributed by atoms with Crippen molar-refractivity contribution in [2.45, 2.75) is 35.1 Å². The van der Waals surface area contributed by atoms with Gasteiger partial charge in [-0.25, -0.2) is 9.37 Å². The van der Waals surface area contributed by atoms with Gasteiger partial charge in [0, 0.05) is 17.7 Å². The number of rotatable bonds is 7. The largest absolute Gasteiger partial charge is 0.436 e. The summed E-state index contributed by atoms with van der Waals surface area (Å²) in [5.74, 6) is 1.62. The maximum absolute atomic E-state index is 13.4. The monoisotopic (exact) mass is 501 g/mol. The first kappa shape index (κ1) is 23.5. The Morgan fingerprint density at radius 3 is 2.14 bits per heavy atom. The Hall–Kier alpha value is -2.93. The van der Waals surface area contributed by atoms with Crippen LogP contribution in [0.5, 0.6) is 0 Å². The normalized spacial score (nSPS) is 23.6. The van der Waals surface area contributed by atoms with E-state index >= 15 is 0 Å². The minimum absolute atomic E-state index is 0.191. The van der Waals surface area contributed by atoms with Gasteiger partial charge in [0.1, 0.15) is 12.4 Å². The molecular weight excluding hydrogens is 471 g/mol. The third-order valence-electron chi connectivity index (χ3n) is 7.88. The predicted molar refractivity (Wildman–Crippen MR) is 139 cm³/mol. The van der Waals surface area contributed by atoms with Crippen molar-refractivity contribution < 1.29 is 18.4 Å². The number of piperidine rings is 3. The third kappa shape index (κ3) is 4.38. The van der Waals surface area contributed by atoms with Gasteiger partial charge in [0.15, 0.2) is 11.4 Å². The van der Waals surface area contributed by atoms with E-state index in [1.165, 1.54) is 12.8 Å². The number of aliphatic hydroxyl groups is 1. The number of thioether (sulfide) groups is 1. The van der Waals surface area contributed by atoms with Gasteiger partial charge in [-0.3, -0.25) is 0 Å². The minimum Gasteiger partial charge on any atom is -0.436 e. The van der Waals surface area contributed by atoms with Gasteiger partial charge >= 0.3 is 0 Å². The molecule has 3 saturated heterocycles. The van der Waals surface area contributed by atoms with Gasteiger partial charge in [0.05, 0.1) is 31.1 Å². The lowest BCUT2D eigenvalue weighted by molar-refractivity contribution is -0.954. The summed E-state index contributed by atoms with van der Waals surface area (Å²) >= 11 is 1.88. The molecule has 0 saturated carbocycles. The Morgan fingerprint density at radius 2 is 1.53 bits per heavy atom. The van der Waals surface area contributed by atoms with E-state index in [1.807, 2.05) is 84.6 Å². The molecule has 4 nitrogen and oxygen atoms in total. The highest BCUT2D eigenvalue weighted by atomic mass is 32.2. The van der Waals surface area contributed by atoms with E-state index in [4.69, 9.17) is 4.42 Å². The second kappa shape index (κ2) is 9.51. The molecule has 0 amide bonds. The van der Waals surface area contributed by atoms with Crippen LogP contribution in [0.25, 0.3) is 0 Å². The van der Waals surface area contributed by atoms with Gasteiger partial charge in [-0.1, -0.05) is 60.7 Å². The molecule has 0 spiro atoms. The van der Waals surface area contributed by atoms with E-state index < -0.39 is 5.60 Å². The molecule has 3 aliphatic rings. The van der Waals surface area contributed by atoms with E-state index in [9.17, 15) is 9.50 Å². The fourth-order valence-electron chi connectivity index (χ4n) is 5.92. The smallest absolute Gasteiger partial charge is 0.236 e. The Kier molecular flexibility index (Phi) is 6.20. The highest BCUT2D eigenvalue weighted by molar-refractivity contribution is 8.00. The molecule has 1 aromatic heterocycles. The number of aromatic nitrogens is 1. The van der Waals surface area contributed by atoms with Crippen molar-refractivity contribution in [2.75, 3.05) is 19.6 Å². The van der Waals surface area contributed by atoms with Crippen LogP contribution in [0.2, 0.25) is 0 Å².